The number of para-hydroxylation sites is 1. The first-order valence-corrected chi connectivity index (χ1v) is 13.0. The second-order valence-electron chi connectivity index (χ2n) is 8.18. The van der Waals surface area contributed by atoms with E-state index in [0.717, 1.165) is 23.3 Å². The highest BCUT2D eigenvalue weighted by molar-refractivity contribution is 7.98. The first-order chi connectivity index (χ1) is 14.2. The van der Waals surface area contributed by atoms with Gasteiger partial charge < -0.3 is 4.90 Å². The van der Waals surface area contributed by atoms with Gasteiger partial charge in [0.1, 0.15) is 0 Å². The molecule has 0 bridgehead atoms. The van der Waals surface area contributed by atoms with Crippen LogP contribution >= 0.6 is 11.8 Å². The van der Waals surface area contributed by atoms with Crippen molar-refractivity contribution < 1.29 is 13.2 Å². The van der Waals surface area contributed by atoms with Crippen LogP contribution in [0.15, 0.2) is 52.3 Å². The van der Waals surface area contributed by atoms with Crippen LogP contribution in [0.4, 0.5) is 5.69 Å². The molecule has 0 atom stereocenters. The topological polar surface area (TPSA) is 66.5 Å². The van der Waals surface area contributed by atoms with Gasteiger partial charge in [0.2, 0.25) is 0 Å². The van der Waals surface area contributed by atoms with Crippen molar-refractivity contribution in [1.82, 2.24) is 4.90 Å². The minimum absolute atomic E-state index is 0.0918. The highest BCUT2D eigenvalue weighted by Gasteiger charge is 2.25. The predicted octanol–water partition coefficient (Wildman–Crippen LogP) is 5.20. The molecule has 1 saturated heterocycles. The van der Waals surface area contributed by atoms with Crippen molar-refractivity contribution in [2.24, 2.45) is 5.92 Å². The number of sulfonamides is 1. The fourth-order valence-corrected chi connectivity index (χ4v) is 5.38. The van der Waals surface area contributed by atoms with Gasteiger partial charge in [0, 0.05) is 18.0 Å². The van der Waals surface area contributed by atoms with Crippen LogP contribution in [0.3, 0.4) is 0 Å². The Hall–Kier alpha value is -1.99. The number of likely N-dealkylation sites (tertiary alicyclic amines) is 1. The number of hydrogen-bond acceptors (Lipinski definition) is 4. The highest BCUT2D eigenvalue weighted by Crippen LogP contribution is 2.29. The first kappa shape index (κ1) is 22.7. The smallest absolute Gasteiger partial charge is 0.261 e. The lowest BCUT2D eigenvalue weighted by Crippen LogP contribution is -2.38. The number of piperidine rings is 1. The van der Waals surface area contributed by atoms with Crippen LogP contribution in [-0.2, 0) is 10.0 Å². The fraction of sp³-hybridized carbons (Fsp3) is 0.435. The van der Waals surface area contributed by atoms with Gasteiger partial charge in [-0.05, 0) is 60.8 Å². The SMILES string of the molecule is CSc1ccc(S(=O)(=O)Nc2ccccc2C(C)C)cc1C(=O)N1CCC(C)CC1. The number of carbonyl (C=O) groups is 1. The van der Waals surface area contributed by atoms with Gasteiger partial charge in [-0.1, -0.05) is 39.0 Å². The average molecular weight is 447 g/mol. The Morgan fingerprint density at radius 3 is 2.43 bits per heavy atom. The number of nitrogens with zero attached hydrogens (tertiary/aromatic N) is 1. The summed E-state index contributed by atoms with van der Waals surface area (Å²) in [6.07, 6.45) is 3.85. The maximum atomic E-state index is 13.2. The molecule has 1 fully saturated rings. The molecular weight excluding hydrogens is 416 g/mol. The Kier molecular flexibility index (Phi) is 7.14. The third-order valence-electron chi connectivity index (χ3n) is 5.61. The maximum Gasteiger partial charge on any atom is 0.261 e. The van der Waals surface area contributed by atoms with E-state index in [4.69, 9.17) is 0 Å². The fourth-order valence-electron chi connectivity index (χ4n) is 3.70. The summed E-state index contributed by atoms with van der Waals surface area (Å²) in [5.41, 5.74) is 1.96. The molecule has 0 saturated carbocycles. The largest absolute Gasteiger partial charge is 0.339 e. The van der Waals surface area contributed by atoms with Crippen LogP contribution in [0, 0.1) is 5.92 Å². The van der Waals surface area contributed by atoms with Gasteiger partial charge in [0.15, 0.2) is 0 Å². The van der Waals surface area contributed by atoms with Crippen LogP contribution in [0.5, 0.6) is 0 Å². The van der Waals surface area contributed by atoms with E-state index in [2.05, 4.69) is 11.6 Å². The van der Waals surface area contributed by atoms with Crippen molar-refractivity contribution in [2.45, 2.75) is 49.3 Å². The summed E-state index contributed by atoms with van der Waals surface area (Å²) in [4.78, 5) is 15.9. The number of hydrogen-bond donors (Lipinski definition) is 1. The Balaban J connectivity index is 1.93. The number of thioether (sulfide) groups is 1. The van der Waals surface area contributed by atoms with E-state index in [0.29, 0.717) is 30.3 Å². The summed E-state index contributed by atoms with van der Waals surface area (Å²) in [6.45, 7) is 7.67. The number of nitrogens with one attached hydrogen (secondary N) is 1. The summed E-state index contributed by atoms with van der Waals surface area (Å²) in [6, 6.07) is 12.2. The molecular formula is C23H30N2O3S2. The van der Waals surface area contributed by atoms with E-state index in [1.165, 1.54) is 17.8 Å². The first-order valence-electron chi connectivity index (χ1n) is 10.3. The standard InChI is InChI=1S/C23H30N2O3S2/c1-16(2)19-7-5-6-8-21(19)24-30(27,28)18-9-10-22(29-4)20(15-18)23(26)25-13-11-17(3)12-14-25/h5-10,15-17,24H,11-14H2,1-4H3. The second-order valence-corrected chi connectivity index (χ2v) is 10.7. The highest BCUT2D eigenvalue weighted by atomic mass is 32.2. The third-order valence-corrected chi connectivity index (χ3v) is 7.77. The van der Waals surface area contributed by atoms with E-state index in [1.54, 1.807) is 18.2 Å². The molecule has 5 nitrogen and oxygen atoms in total. The quantitative estimate of drug-likeness (QED) is 0.619. The second kappa shape index (κ2) is 9.43. The number of amides is 1. The Morgan fingerprint density at radius 1 is 1.13 bits per heavy atom. The molecule has 0 unspecified atom stereocenters. The lowest BCUT2D eigenvalue weighted by molar-refractivity contribution is 0.0693. The van der Waals surface area contributed by atoms with E-state index in [-0.39, 0.29) is 16.7 Å². The van der Waals surface area contributed by atoms with Crippen LogP contribution in [0.2, 0.25) is 0 Å². The zero-order chi connectivity index (χ0) is 21.9. The van der Waals surface area contributed by atoms with Crippen LogP contribution in [0.25, 0.3) is 0 Å². The lowest BCUT2D eigenvalue weighted by Gasteiger charge is -2.30. The summed E-state index contributed by atoms with van der Waals surface area (Å²) >= 11 is 1.46. The van der Waals surface area contributed by atoms with Gasteiger partial charge in [0.25, 0.3) is 15.9 Å². The van der Waals surface area contributed by atoms with Crippen molar-refractivity contribution >= 4 is 33.4 Å². The van der Waals surface area contributed by atoms with Gasteiger partial charge in [0.05, 0.1) is 16.1 Å². The molecule has 1 aliphatic rings. The minimum atomic E-state index is -3.82. The average Bonchev–Trinajstić information content (AvgIpc) is 2.73. The van der Waals surface area contributed by atoms with Crippen molar-refractivity contribution in [3.8, 4) is 0 Å². The molecule has 1 N–H and O–H groups in total. The third kappa shape index (κ3) is 5.01. The summed E-state index contributed by atoms with van der Waals surface area (Å²) in [5.74, 6) is 0.707. The van der Waals surface area contributed by atoms with Crippen molar-refractivity contribution in [3.63, 3.8) is 0 Å². The Labute approximate surface area is 184 Å². The van der Waals surface area contributed by atoms with Gasteiger partial charge in [-0.3, -0.25) is 9.52 Å². The molecule has 1 heterocycles. The normalized spacial score (nSPS) is 15.4. The zero-order valence-electron chi connectivity index (χ0n) is 18.0. The molecule has 7 heteroatoms. The van der Waals surface area contributed by atoms with E-state index < -0.39 is 10.0 Å². The summed E-state index contributed by atoms with van der Waals surface area (Å²) in [7, 11) is -3.82. The predicted molar refractivity (Wildman–Crippen MR) is 124 cm³/mol. The van der Waals surface area contributed by atoms with Crippen LogP contribution < -0.4 is 4.72 Å². The zero-order valence-corrected chi connectivity index (χ0v) is 19.6. The van der Waals surface area contributed by atoms with Crippen molar-refractivity contribution in [3.05, 3.63) is 53.6 Å². The molecule has 0 radical (unpaired) electrons. The Morgan fingerprint density at radius 2 is 1.80 bits per heavy atom. The molecule has 0 aromatic heterocycles. The van der Waals surface area contributed by atoms with E-state index in [9.17, 15) is 13.2 Å². The van der Waals surface area contributed by atoms with Crippen molar-refractivity contribution in [1.29, 1.82) is 0 Å². The number of benzene rings is 2. The van der Waals surface area contributed by atoms with Gasteiger partial charge in [-0.2, -0.15) is 0 Å². The molecule has 0 aliphatic carbocycles. The van der Waals surface area contributed by atoms with Gasteiger partial charge >= 0.3 is 0 Å². The number of anilines is 1. The van der Waals surface area contributed by atoms with E-state index >= 15 is 0 Å². The Bertz CT molecular complexity index is 1010. The van der Waals surface area contributed by atoms with Gasteiger partial charge in [-0.25, -0.2) is 8.42 Å². The minimum Gasteiger partial charge on any atom is -0.339 e. The molecule has 2 aromatic rings. The molecule has 0 spiro atoms. The molecule has 3 rings (SSSR count). The summed E-state index contributed by atoms with van der Waals surface area (Å²) < 4.78 is 29.0. The van der Waals surface area contributed by atoms with Gasteiger partial charge in [-0.15, -0.1) is 11.8 Å². The van der Waals surface area contributed by atoms with Crippen LogP contribution in [-0.4, -0.2) is 38.6 Å². The van der Waals surface area contributed by atoms with Crippen LogP contribution in [0.1, 0.15) is 55.5 Å². The summed E-state index contributed by atoms with van der Waals surface area (Å²) in [5, 5.41) is 0. The number of rotatable bonds is 6. The molecule has 2 aromatic carbocycles. The lowest BCUT2D eigenvalue weighted by atomic mass is 9.98. The monoisotopic (exact) mass is 446 g/mol. The number of carbonyl (C=O) groups excluding carboxylic acids is 1. The molecule has 1 aliphatic heterocycles. The van der Waals surface area contributed by atoms with Crippen molar-refractivity contribution in [2.75, 3.05) is 24.1 Å². The maximum absolute atomic E-state index is 13.2. The molecule has 30 heavy (non-hydrogen) atoms. The van der Waals surface area contributed by atoms with E-state index in [1.807, 2.05) is 43.2 Å². The molecule has 1 amide bonds. The molecule has 162 valence electrons.